The fraction of sp³-hybridized carbons (Fsp3) is 0.333. The van der Waals surface area contributed by atoms with Crippen LogP contribution in [0.3, 0.4) is 0 Å². The molecule has 1 saturated carbocycles. The molecule has 2 heterocycles. The van der Waals surface area contributed by atoms with Gasteiger partial charge < -0.3 is 10.6 Å². The van der Waals surface area contributed by atoms with Crippen molar-refractivity contribution in [3.63, 3.8) is 0 Å². The summed E-state index contributed by atoms with van der Waals surface area (Å²) in [5.41, 5.74) is 8.86. The fourth-order valence-electron chi connectivity index (χ4n) is 4.08. The van der Waals surface area contributed by atoms with Crippen molar-refractivity contribution >= 4 is 22.5 Å². The van der Waals surface area contributed by atoms with Crippen LogP contribution >= 0.6 is 0 Å². The lowest BCUT2D eigenvalue weighted by Gasteiger charge is -2.27. The molecule has 2 N–H and O–H groups in total. The monoisotopic (exact) mass is 364 g/mol. The van der Waals surface area contributed by atoms with Gasteiger partial charge in [0, 0.05) is 23.5 Å². The van der Waals surface area contributed by atoms with Crippen molar-refractivity contribution < 1.29 is 9.18 Å². The Morgan fingerprint density at radius 3 is 2.59 bits per heavy atom. The van der Waals surface area contributed by atoms with Gasteiger partial charge in [-0.1, -0.05) is 12.8 Å². The van der Waals surface area contributed by atoms with Gasteiger partial charge in [-0.25, -0.2) is 9.07 Å². The summed E-state index contributed by atoms with van der Waals surface area (Å²) in [6.07, 6.45) is 5.66. The maximum atomic E-state index is 13.2. The lowest BCUT2D eigenvalue weighted by Crippen LogP contribution is -2.40. The molecule has 6 heteroatoms. The molecule has 0 radical (unpaired) electrons. The minimum atomic E-state index is -0.275. The molecular formula is C21H21FN4O. The third-order valence-corrected chi connectivity index (χ3v) is 5.68. The number of carbonyl (C=O) groups is 1. The maximum Gasteiger partial charge on any atom is 0.228 e. The van der Waals surface area contributed by atoms with Crippen LogP contribution < -0.4 is 10.6 Å². The molecule has 2 atom stereocenters. The second-order valence-electron chi connectivity index (χ2n) is 7.65. The lowest BCUT2D eigenvalue weighted by atomic mass is 10.0. The third-order valence-electron chi connectivity index (χ3n) is 5.68. The van der Waals surface area contributed by atoms with E-state index in [-0.39, 0.29) is 23.8 Å². The Morgan fingerprint density at radius 1 is 1.11 bits per heavy atom. The molecule has 1 saturated heterocycles. The van der Waals surface area contributed by atoms with Crippen LogP contribution in [0.15, 0.2) is 48.7 Å². The Kier molecular flexibility index (Phi) is 3.75. The van der Waals surface area contributed by atoms with Gasteiger partial charge in [0.15, 0.2) is 0 Å². The summed E-state index contributed by atoms with van der Waals surface area (Å²) in [6, 6.07) is 12.1. The first kappa shape index (κ1) is 16.4. The van der Waals surface area contributed by atoms with E-state index in [1.54, 1.807) is 23.0 Å². The van der Waals surface area contributed by atoms with E-state index in [1.807, 2.05) is 23.1 Å². The highest BCUT2D eigenvalue weighted by Gasteiger charge is 2.41. The van der Waals surface area contributed by atoms with Crippen molar-refractivity contribution in [3.8, 4) is 5.69 Å². The van der Waals surface area contributed by atoms with E-state index in [9.17, 15) is 9.18 Å². The van der Waals surface area contributed by atoms with Gasteiger partial charge in [0.25, 0.3) is 0 Å². The van der Waals surface area contributed by atoms with Crippen LogP contribution in [0, 0.1) is 11.7 Å². The predicted molar refractivity (Wildman–Crippen MR) is 102 cm³/mol. The molecule has 1 aromatic heterocycles. The van der Waals surface area contributed by atoms with Gasteiger partial charge in [0.2, 0.25) is 5.91 Å². The first-order valence-electron chi connectivity index (χ1n) is 9.41. The van der Waals surface area contributed by atoms with E-state index >= 15 is 0 Å². The Balaban J connectivity index is 1.51. The Bertz CT molecular complexity index is 1010. The molecular weight excluding hydrogens is 343 g/mol. The third kappa shape index (κ3) is 2.90. The van der Waals surface area contributed by atoms with Gasteiger partial charge in [-0.2, -0.15) is 5.10 Å². The van der Waals surface area contributed by atoms with Gasteiger partial charge >= 0.3 is 0 Å². The highest BCUT2D eigenvalue weighted by atomic mass is 19.1. The SMILES string of the molecule is N[C@@H]1CC(=O)N(c2ccc3c(cnn3-c3ccc(F)cc3)c2)[C@@H]1CC1CC1. The number of benzene rings is 2. The zero-order valence-electron chi connectivity index (χ0n) is 14.9. The van der Waals surface area contributed by atoms with E-state index in [4.69, 9.17) is 5.73 Å². The topological polar surface area (TPSA) is 64.2 Å². The number of halogens is 1. The lowest BCUT2D eigenvalue weighted by molar-refractivity contribution is -0.117. The smallest absolute Gasteiger partial charge is 0.228 e. The number of aromatic nitrogens is 2. The molecule has 0 unspecified atom stereocenters. The second-order valence-corrected chi connectivity index (χ2v) is 7.65. The quantitative estimate of drug-likeness (QED) is 0.772. The summed E-state index contributed by atoms with van der Waals surface area (Å²) in [5, 5.41) is 5.38. The average Bonchev–Trinajstić information content (AvgIpc) is 3.31. The number of amides is 1. The summed E-state index contributed by atoms with van der Waals surface area (Å²) in [6.45, 7) is 0. The van der Waals surface area contributed by atoms with Gasteiger partial charge in [0.1, 0.15) is 5.82 Å². The zero-order valence-corrected chi connectivity index (χ0v) is 14.9. The highest BCUT2D eigenvalue weighted by molar-refractivity contribution is 5.99. The van der Waals surface area contributed by atoms with Crippen LogP contribution in [0.5, 0.6) is 0 Å². The fourth-order valence-corrected chi connectivity index (χ4v) is 4.08. The van der Waals surface area contributed by atoms with E-state index in [1.165, 1.54) is 25.0 Å². The van der Waals surface area contributed by atoms with Crippen molar-refractivity contribution in [3.05, 3.63) is 54.5 Å². The number of nitrogens with two attached hydrogens (primary N) is 1. The molecule has 5 nitrogen and oxygen atoms in total. The summed E-state index contributed by atoms with van der Waals surface area (Å²) >= 11 is 0. The van der Waals surface area contributed by atoms with Crippen LogP contribution in [0.2, 0.25) is 0 Å². The number of anilines is 1. The molecule has 27 heavy (non-hydrogen) atoms. The minimum Gasteiger partial charge on any atom is -0.325 e. The first-order chi connectivity index (χ1) is 13.1. The Hall–Kier alpha value is -2.73. The normalized spacial score (nSPS) is 22.7. The Morgan fingerprint density at radius 2 is 1.85 bits per heavy atom. The number of fused-ring (bicyclic) bond motifs is 1. The van der Waals surface area contributed by atoms with E-state index in [0.717, 1.165) is 28.7 Å². The molecule has 138 valence electrons. The van der Waals surface area contributed by atoms with E-state index in [0.29, 0.717) is 12.3 Å². The maximum absolute atomic E-state index is 13.2. The van der Waals surface area contributed by atoms with Gasteiger partial charge in [-0.15, -0.1) is 0 Å². The van der Waals surface area contributed by atoms with Crippen molar-refractivity contribution in [2.75, 3.05) is 4.90 Å². The second kappa shape index (κ2) is 6.16. The highest BCUT2D eigenvalue weighted by Crippen LogP contribution is 2.39. The minimum absolute atomic E-state index is 0.0783. The predicted octanol–water partition coefficient (Wildman–Crippen LogP) is 3.40. The van der Waals surface area contributed by atoms with Crippen molar-refractivity contribution in [1.29, 1.82) is 0 Å². The average molecular weight is 364 g/mol. The Labute approximate surface area is 156 Å². The molecule has 1 amide bonds. The van der Waals surface area contributed by atoms with Gasteiger partial charge in [-0.05, 0) is 54.8 Å². The van der Waals surface area contributed by atoms with Gasteiger partial charge in [0.05, 0.1) is 23.4 Å². The molecule has 1 aliphatic heterocycles. The summed E-state index contributed by atoms with van der Waals surface area (Å²) in [4.78, 5) is 14.5. The molecule has 1 aliphatic carbocycles. The number of hydrogen-bond acceptors (Lipinski definition) is 3. The molecule has 2 aromatic carbocycles. The number of hydrogen-bond donors (Lipinski definition) is 1. The van der Waals surface area contributed by atoms with E-state index < -0.39 is 0 Å². The number of nitrogens with zero attached hydrogens (tertiary/aromatic N) is 3. The van der Waals surface area contributed by atoms with Crippen LogP contribution in [0.1, 0.15) is 25.7 Å². The molecule has 2 aliphatic rings. The standard InChI is InChI=1S/C21H21FN4O/c22-15-3-5-16(6-4-15)26-19-8-7-17(10-14(19)12-24-26)25-20(9-13-1-2-13)18(23)11-21(25)27/h3-8,10,12-13,18,20H,1-2,9,11,23H2/t18-,20-/m1/s1. The number of rotatable bonds is 4. The van der Waals surface area contributed by atoms with Crippen LogP contribution in [0.25, 0.3) is 16.6 Å². The number of carbonyl (C=O) groups excluding carboxylic acids is 1. The van der Waals surface area contributed by atoms with Crippen LogP contribution in [-0.4, -0.2) is 27.8 Å². The largest absolute Gasteiger partial charge is 0.325 e. The van der Waals surface area contributed by atoms with Crippen LogP contribution in [-0.2, 0) is 4.79 Å². The first-order valence-corrected chi connectivity index (χ1v) is 9.41. The van der Waals surface area contributed by atoms with Crippen molar-refractivity contribution in [2.45, 2.75) is 37.8 Å². The summed E-state index contributed by atoms with van der Waals surface area (Å²) in [7, 11) is 0. The summed E-state index contributed by atoms with van der Waals surface area (Å²) in [5.74, 6) is 0.529. The van der Waals surface area contributed by atoms with Crippen LogP contribution in [0.4, 0.5) is 10.1 Å². The molecule has 0 bridgehead atoms. The van der Waals surface area contributed by atoms with Crippen molar-refractivity contribution in [1.82, 2.24) is 9.78 Å². The molecule has 0 spiro atoms. The summed E-state index contributed by atoms with van der Waals surface area (Å²) < 4.78 is 15.0. The van der Waals surface area contributed by atoms with E-state index in [2.05, 4.69) is 5.10 Å². The molecule has 5 rings (SSSR count). The van der Waals surface area contributed by atoms with Gasteiger partial charge in [-0.3, -0.25) is 4.79 Å². The van der Waals surface area contributed by atoms with Crippen molar-refractivity contribution in [2.24, 2.45) is 11.7 Å². The zero-order chi connectivity index (χ0) is 18.5. The molecule has 2 fully saturated rings. The molecule has 3 aromatic rings.